The highest BCUT2D eigenvalue weighted by Crippen LogP contribution is 2.26. The molecule has 1 heterocycles. The van der Waals surface area contributed by atoms with Crippen LogP contribution in [-0.2, 0) is 29.1 Å². The molecule has 0 bridgehead atoms. The molecule has 1 N–H and O–H groups in total. The van der Waals surface area contributed by atoms with Gasteiger partial charge in [0.05, 0.1) is 12.0 Å². The molecule has 7 heteroatoms. The van der Waals surface area contributed by atoms with E-state index in [9.17, 15) is 8.42 Å². The minimum atomic E-state index is -3.11. The molecule has 0 amide bonds. The molecule has 0 fully saturated rings. The van der Waals surface area contributed by atoms with E-state index in [1.54, 1.807) is 19.2 Å². The van der Waals surface area contributed by atoms with Crippen molar-refractivity contribution >= 4 is 9.84 Å². The predicted octanol–water partition coefficient (Wildman–Crippen LogP) is 4.46. The second-order valence-electron chi connectivity index (χ2n) is 9.72. The Bertz CT molecular complexity index is 1010. The summed E-state index contributed by atoms with van der Waals surface area (Å²) in [5.41, 5.74) is 3.78. The van der Waals surface area contributed by atoms with Gasteiger partial charge in [-0.15, -0.1) is 0 Å². The van der Waals surface area contributed by atoms with Gasteiger partial charge >= 0.3 is 0 Å². The van der Waals surface area contributed by atoms with Crippen molar-refractivity contribution in [3.8, 4) is 5.88 Å². The molecule has 0 saturated heterocycles. The SMILES string of the molecule is CCCN(CCCCCCNCCc1ccc(S(C)(=O)=O)cc1)C1CCc2nc(OC)ccc2C1. The number of methoxy groups -OCH3 is 1. The third kappa shape index (κ3) is 8.89. The lowest BCUT2D eigenvalue weighted by atomic mass is 9.90. The molecule has 1 atom stereocenters. The van der Waals surface area contributed by atoms with Gasteiger partial charge in [-0.05, 0) is 94.4 Å². The molecule has 1 aliphatic carbocycles. The van der Waals surface area contributed by atoms with Crippen LogP contribution in [0.5, 0.6) is 5.88 Å². The van der Waals surface area contributed by atoms with E-state index in [0.29, 0.717) is 10.9 Å². The predicted molar refractivity (Wildman–Crippen MR) is 143 cm³/mol. The second-order valence-corrected chi connectivity index (χ2v) is 11.7. The van der Waals surface area contributed by atoms with Crippen molar-refractivity contribution in [3.05, 3.63) is 53.2 Å². The van der Waals surface area contributed by atoms with E-state index in [4.69, 9.17) is 4.74 Å². The molecular weight excluding hydrogens is 458 g/mol. The molecule has 194 valence electrons. The lowest BCUT2D eigenvalue weighted by molar-refractivity contribution is 0.175. The Kier molecular flexibility index (Phi) is 11.0. The summed E-state index contributed by atoms with van der Waals surface area (Å²) in [6.07, 6.45) is 11.7. The molecule has 1 unspecified atom stereocenters. The van der Waals surface area contributed by atoms with Gasteiger partial charge in [0, 0.05) is 24.1 Å². The van der Waals surface area contributed by atoms with E-state index in [1.807, 2.05) is 18.2 Å². The molecule has 0 aliphatic heterocycles. The number of hydrogen-bond donors (Lipinski definition) is 1. The standard InChI is InChI=1S/C28H43N3O3S/c1-4-20-31(25-12-15-27-24(22-25)11-16-28(30-27)34-2)21-8-6-5-7-18-29-19-17-23-9-13-26(14-10-23)35(3,32)33/h9-11,13-14,16,25,29H,4-8,12,15,17-22H2,1-3H3. The number of unbranched alkanes of at least 4 members (excludes halogenated alkanes) is 3. The van der Waals surface area contributed by atoms with E-state index in [-0.39, 0.29) is 0 Å². The third-order valence-corrected chi connectivity index (χ3v) is 8.07. The Labute approximate surface area is 212 Å². The molecule has 1 aromatic carbocycles. The van der Waals surface area contributed by atoms with E-state index < -0.39 is 9.84 Å². The molecule has 35 heavy (non-hydrogen) atoms. The quantitative estimate of drug-likeness (QED) is 0.364. The van der Waals surface area contributed by atoms with Crippen LogP contribution in [0.2, 0.25) is 0 Å². The van der Waals surface area contributed by atoms with Crippen LogP contribution in [0.1, 0.15) is 62.3 Å². The topological polar surface area (TPSA) is 71.5 Å². The molecule has 1 aliphatic rings. The number of sulfone groups is 1. The number of nitrogens with zero attached hydrogens (tertiary/aromatic N) is 2. The van der Waals surface area contributed by atoms with Crippen molar-refractivity contribution in [1.82, 2.24) is 15.2 Å². The van der Waals surface area contributed by atoms with Gasteiger partial charge < -0.3 is 15.0 Å². The minimum absolute atomic E-state index is 0.387. The Balaban J connectivity index is 1.28. The fourth-order valence-corrected chi connectivity index (χ4v) is 5.57. The molecule has 3 rings (SSSR count). The van der Waals surface area contributed by atoms with Crippen LogP contribution >= 0.6 is 0 Å². The number of aryl methyl sites for hydroxylation is 1. The average molecular weight is 502 g/mol. The van der Waals surface area contributed by atoms with Crippen molar-refractivity contribution < 1.29 is 13.2 Å². The first-order chi connectivity index (χ1) is 16.9. The zero-order valence-electron chi connectivity index (χ0n) is 21.8. The van der Waals surface area contributed by atoms with Crippen LogP contribution in [0.4, 0.5) is 0 Å². The van der Waals surface area contributed by atoms with E-state index in [0.717, 1.165) is 38.2 Å². The number of nitrogens with one attached hydrogen (secondary N) is 1. The maximum absolute atomic E-state index is 11.5. The average Bonchev–Trinajstić information content (AvgIpc) is 2.86. The molecular formula is C28H43N3O3S. The van der Waals surface area contributed by atoms with E-state index in [2.05, 4.69) is 28.2 Å². The van der Waals surface area contributed by atoms with Crippen LogP contribution in [-0.4, -0.2) is 63.9 Å². The first-order valence-electron chi connectivity index (χ1n) is 13.2. The highest BCUT2D eigenvalue weighted by molar-refractivity contribution is 7.90. The molecule has 0 saturated carbocycles. The first-order valence-corrected chi connectivity index (χ1v) is 15.1. The summed E-state index contributed by atoms with van der Waals surface area (Å²) in [5, 5.41) is 3.52. The number of pyridine rings is 1. The van der Waals surface area contributed by atoms with Gasteiger partial charge in [-0.1, -0.05) is 38.0 Å². The Morgan fingerprint density at radius 2 is 1.80 bits per heavy atom. The van der Waals surface area contributed by atoms with Crippen LogP contribution in [0.3, 0.4) is 0 Å². The van der Waals surface area contributed by atoms with Crippen LogP contribution in [0.15, 0.2) is 41.3 Å². The van der Waals surface area contributed by atoms with Gasteiger partial charge in [-0.25, -0.2) is 13.4 Å². The van der Waals surface area contributed by atoms with Gasteiger partial charge in [0.2, 0.25) is 5.88 Å². The summed E-state index contributed by atoms with van der Waals surface area (Å²) < 4.78 is 28.4. The Morgan fingerprint density at radius 3 is 2.51 bits per heavy atom. The first kappa shape index (κ1) is 27.6. The number of rotatable bonds is 15. The lowest BCUT2D eigenvalue weighted by Crippen LogP contribution is -2.40. The maximum atomic E-state index is 11.5. The lowest BCUT2D eigenvalue weighted by Gasteiger charge is -2.35. The summed E-state index contributed by atoms with van der Waals surface area (Å²) >= 11 is 0. The number of hydrogen-bond acceptors (Lipinski definition) is 6. The summed E-state index contributed by atoms with van der Waals surface area (Å²) in [6.45, 7) is 6.61. The van der Waals surface area contributed by atoms with Gasteiger partial charge in [-0.2, -0.15) is 0 Å². The minimum Gasteiger partial charge on any atom is -0.481 e. The van der Waals surface area contributed by atoms with Crippen molar-refractivity contribution in [2.45, 2.75) is 75.6 Å². The molecule has 2 aromatic rings. The number of fused-ring (bicyclic) bond motifs is 1. The van der Waals surface area contributed by atoms with Crippen molar-refractivity contribution in [2.75, 3.05) is 39.5 Å². The molecule has 6 nitrogen and oxygen atoms in total. The summed E-state index contributed by atoms with van der Waals surface area (Å²) in [4.78, 5) is 7.74. The normalized spacial score (nSPS) is 15.8. The zero-order valence-corrected chi connectivity index (χ0v) is 22.6. The van der Waals surface area contributed by atoms with Crippen molar-refractivity contribution in [1.29, 1.82) is 0 Å². The Morgan fingerprint density at radius 1 is 1.03 bits per heavy atom. The highest BCUT2D eigenvalue weighted by Gasteiger charge is 2.24. The van der Waals surface area contributed by atoms with Crippen molar-refractivity contribution in [3.63, 3.8) is 0 Å². The van der Waals surface area contributed by atoms with Crippen LogP contribution in [0, 0.1) is 0 Å². The Hall–Kier alpha value is -1.96. The summed E-state index contributed by atoms with van der Waals surface area (Å²) in [6, 6.07) is 12.1. The van der Waals surface area contributed by atoms with Gasteiger partial charge in [0.15, 0.2) is 9.84 Å². The molecule has 1 aromatic heterocycles. The van der Waals surface area contributed by atoms with E-state index >= 15 is 0 Å². The summed E-state index contributed by atoms with van der Waals surface area (Å²) in [5.74, 6) is 0.727. The number of ether oxygens (including phenoxy) is 1. The monoisotopic (exact) mass is 501 g/mol. The smallest absolute Gasteiger partial charge is 0.213 e. The third-order valence-electron chi connectivity index (χ3n) is 6.94. The fraction of sp³-hybridized carbons (Fsp3) is 0.607. The van der Waals surface area contributed by atoms with Crippen LogP contribution in [0.25, 0.3) is 0 Å². The molecule has 0 radical (unpaired) electrons. The van der Waals surface area contributed by atoms with Gasteiger partial charge in [0.1, 0.15) is 0 Å². The zero-order chi connectivity index (χ0) is 25.1. The van der Waals surface area contributed by atoms with Gasteiger partial charge in [0.25, 0.3) is 0 Å². The van der Waals surface area contributed by atoms with E-state index in [1.165, 1.54) is 74.7 Å². The highest BCUT2D eigenvalue weighted by atomic mass is 32.2. The summed E-state index contributed by atoms with van der Waals surface area (Å²) in [7, 11) is -1.43. The number of benzene rings is 1. The molecule has 0 spiro atoms. The number of aromatic nitrogens is 1. The van der Waals surface area contributed by atoms with Crippen molar-refractivity contribution in [2.24, 2.45) is 0 Å². The maximum Gasteiger partial charge on any atom is 0.213 e. The van der Waals surface area contributed by atoms with Gasteiger partial charge in [-0.3, -0.25) is 0 Å². The second kappa shape index (κ2) is 14.0. The largest absolute Gasteiger partial charge is 0.481 e. The fourth-order valence-electron chi connectivity index (χ4n) is 4.94. The van der Waals surface area contributed by atoms with Crippen LogP contribution < -0.4 is 10.1 Å².